The molecule has 3 aliphatic heterocycles. The lowest BCUT2D eigenvalue weighted by atomic mass is 9.89. The molecule has 300 valence electrons. The third-order valence-electron chi connectivity index (χ3n) is 10.1. The second-order valence-electron chi connectivity index (χ2n) is 14.3. The number of halogens is 2. The number of alkyl carbamates (subject to hydrolysis) is 1. The number of urea groups is 1. The predicted octanol–water partition coefficient (Wildman–Crippen LogP) is 4.02. The summed E-state index contributed by atoms with van der Waals surface area (Å²) < 4.78 is 48.2. The molecule has 0 radical (unpaired) electrons. The topological polar surface area (TPSA) is 156 Å². The molecule has 2 aromatic carbocycles. The normalized spacial score (nSPS) is 18.3. The summed E-state index contributed by atoms with van der Waals surface area (Å²) in [4.78, 5) is 58.1. The molecule has 3 N–H and O–H groups in total. The van der Waals surface area contributed by atoms with Crippen molar-refractivity contribution in [2.45, 2.75) is 44.8 Å². The summed E-state index contributed by atoms with van der Waals surface area (Å²) in [6.07, 6.45) is 5.63. The van der Waals surface area contributed by atoms with Crippen LogP contribution in [0.4, 0.5) is 18.4 Å². The Morgan fingerprint density at radius 1 is 1.05 bits per heavy atom. The molecule has 0 aliphatic carbocycles. The van der Waals surface area contributed by atoms with Gasteiger partial charge in [0.1, 0.15) is 24.1 Å². The number of benzene rings is 2. The first-order valence-electron chi connectivity index (χ1n) is 19.1. The van der Waals surface area contributed by atoms with E-state index in [0.29, 0.717) is 45.0 Å². The fourth-order valence-corrected chi connectivity index (χ4v) is 7.23. The van der Waals surface area contributed by atoms with Crippen molar-refractivity contribution in [1.29, 1.82) is 0 Å². The van der Waals surface area contributed by atoms with Gasteiger partial charge >= 0.3 is 12.1 Å². The molecule has 14 nitrogen and oxygen atoms in total. The summed E-state index contributed by atoms with van der Waals surface area (Å²) in [5, 5.41) is 9.02. The molecule has 0 saturated carbocycles. The van der Waals surface area contributed by atoms with Crippen molar-refractivity contribution >= 4 is 23.9 Å². The van der Waals surface area contributed by atoms with Crippen molar-refractivity contribution in [1.82, 2.24) is 35.3 Å². The maximum Gasteiger partial charge on any atom is 0.407 e. The van der Waals surface area contributed by atoms with Gasteiger partial charge in [0, 0.05) is 56.8 Å². The van der Waals surface area contributed by atoms with Crippen molar-refractivity contribution in [2.24, 2.45) is 11.8 Å². The standard InChI is InChI=1S/C40H49F2N7O7/c1-27(26-56-40(53)44-15-19-55-20-16-48-35(50)9-10-36(48)51)45-39(52)49(24-29-11-14-43-22-29)37(30-12-17-54-18-13-30)38-46-34(32-21-31(41)7-8-33(32)42)25-47(38)23-28-5-3-2-4-6-28/h2-10,21,25,27,29-30,37,43H,11-20,22-24,26H2,1H3,(H,44,53)(H,45,52). The van der Waals surface area contributed by atoms with E-state index in [1.807, 2.05) is 39.8 Å². The number of hydrogen-bond donors (Lipinski definition) is 3. The molecular weight excluding hydrogens is 728 g/mol. The molecule has 5 amide bonds. The minimum atomic E-state index is -0.696. The summed E-state index contributed by atoms with van der Waals surface area (Å²) >= 11 is 0. The number of nitrogens with one attached hydrogen (secondary N) is 3. The van der Waals surface area contributed by atoms with Gasteiger partial charge in [-0.3, -0.25) is 14.5 Å². The largest absolute Gasteiger partial charge is 0.447 e. The van der Waals surface area contributed by atoms with Crippen LogP contribution >= 0.6 is 0 Å². The Bertz CT molecular complexity index is 1830. The number of imidazole rings is 1. The highest BCUT2D eigenvalue weighted by atomic mass is 19.1. The predicted molar refractivity (Wildman–Crippen MR) is 201 cm³/mol. The number of ether oxygens (including phenoxy) is 3. The van der Waals surface area contributed by atoms with Crippen LogP contribution in [0.3, 0.4) is 0 Å². The monoisotopic (exact) mass is 777 g/mol. The van der Waals surface area contributed by atoms with Gasteiger partial charge in [-0.25, -0.2) is 23.4 Å². The average molecular weight is 778 g/mol. The number of carbonyl (C=O) groups excluding carboxylic acids is 4. The molecule has 16 heteroatoms. The lowest BCUT2D eigenvalue weighted by Crippen LogP contribution is -2.51. The fraction of sp³-hybridized carbons (Fsp3) is 0.475. The lowest BCUT2D eigenvalue weighted by molar-refractivity contribution is -0.137. The number of amides is 5. The minimum absolute atomic E-state index is 0.0306. The van der Waals surface area contributed by atoms with E-state index in [4.69, 9.17) is 19.2 Å². The van der Waals surface area contributed by atoms with Crippen molar-refractivity contribution in [3.63, 3.8) is 0 Å². The van der Waals surface area contributed by atoms with Gasteiger partial charge in [-0.2, -0.15) is 0 Å². The Morgan fingerprint density at radius 3 is 2.55 bits per heavy atom. The van der Waals surface area contributed by atoms with Crippen LogP contribution in [0.25, 0.3) is 11.3 Å². The van der Waals surface area contributed by atoms with Crippen molar-refractivity contribution in [3.05, 3.63) is 89.9 Å². The Balaban J connectivity index is 1.17. The molecule has 3 unspecified atom stereocenters. The zero-order chi connectivity index (χ0) is 39.4. The number of hydrogen-bond acceptors (Lipinski definition) is 9. The van der Waals surface area contributed by atoms with Crippen LogP contribution in [-0.4, -0.2) is 115 Å². The Kier molecular flexibility index (Phi) is 14.2. The van der Waals surface area contributed by atoms with Gasteiger partial charge in [0.15, 0.2) is 0 Å². The molecule has 0 spiro atoms. The van der Waals surface area contributed by atoms with Gasteiger partial charge in [0.05, 0.1) is 37.5 Å². The third-order valence-corrected chi connectivity index (χ3v) is 10.1. The smallest absolute Gasteiger partial charge is 0.407 e. The molecule has 1 aromatic heterocycles. The Hall–Kier alpha value is -5.19. The van der Waals surface area contributed by atoms with E-state index < -0.39 is 29.8 Å². The molecule has 2 fully saturated rings. The number of nitrogens with zero attached hydrogens (tertiary/aromatic N) is 4. The first-order valence-corrected chi connectivity index (χ1v) is 19.1. The second-order valence-corrected chi connectivity index (χ2v) is 14.3. The lowest BCUT2D eigenvalue weighted by Gasteiger charge is -2.40. The van der Waals surface area contributed by atoms with E-state index in [-0.39, 0.29) is 73.8 Å². The van der Waals surface area contributed by atoms with Gasteiger partial charge in [-0.1, -0.05) is 30.3 Å². The van der Waals surface area contributed by atoms with Crippen LogP contribution in [0.1, 0.15) is 43.6 Å². The summed E-state index contributed by atoms with van der Waals surface area (Å²) in [6.45, 7) is 5.50. The Morgan fingerprint density at radius 2 is 1.82 bits per heavy atom. The number of imide groups is 1. The van der Waals surface area contributed by atoms with Gasteiger partial charge in [-0.15, -0.1) is 0 Å². The summed E-state index contributed by atoms with van der Waals surface area (Å²) in [7, 11) is 0. The number of carbonyl (C=O) groups is 4. The van der Waals surface area contributed by atoms with Crippen molar-refractivity contribution < 1.29 is 42.2 Å². The molecule has 3 aliphatic rings. The minimum Gasteiger partial charge on any atom is -0.447 e. The van der Waals surface area contributed by atoms with Gasteiger partial charge < -0.3 is 39.6 Å². The quantitative estimate of drug-likeness (QED) is 0.136. The van der Waals surface area contributed by atoms with E-state index in [2.05, 4.69) is 16.0 Å². The van der Waals surface area contributed by atoms with Gasteiger partial charge in [-0.05, 0) is 74.9 Å². The molecular formula is C40H49F2N7O7. The first kappa shape index (κ1) is 40.5. The third kappa shape index (κ3) is 10.8. The highest BCUT2D eigenvalue weighted by Gasteiger charge is 2.39. The molecule has 3 atom stereocenters. The van der Waals surface area contributed by atoms with Crippen molar-refractivity contribution in [2.75, 3.05) is 65.8 Å². The van der Waals surface area contributed by atoms with Crippen LogP contribution < -0.4 is 16.0 Å². The van der Waals surface area contributed by atoms with Crippen LogP contribution in [0.15, 0.2) is 66.9 Å². The van der Waals surface area contributed by atoms with E-state index in [0.717, 1.165) is 48.2 Å². The molecule has 3 aromatic rings. The van der Waals surface area contributed by atoms with Crippen LogP contribution in [0.2, 0.25) is 0 Å². The first-order chi connectivity index (χ1) is 27.2. The van der Waals surface area contributed by atoms with Crippen molar-refractivity contribution in [3.8, 4) is 11.3 Å². The Labute approximate surface area is 324 Å². The summed E-state index contributed by atoms with van der Waals surface area (Å²) in [5.74, 6) is -1.31. The molecule has 56 heavy (non-hydrogen) atoms. The highest BCUT2D eigenvalue weighted by molar-refractivity contribution is 6.12. The fourth-order valence-electron chi connectivity index (χ4n) is 7.23. The van der Waals surface area contributed by atoms with E-state index >= 15 is 4.39 Å². The van der Waals surface area contributed by atoms with E-state index in [1.165, 1.54) is 12.2 Å². The van der Waals surface area contributed by atoms with E-state index in [1.54, 1.807) is 13.1 Å². The number of aromatic nitrogens is 2. The van der Waals surface area contributed by atoms with Crippen LogP contribution in [-0.2, 0) is 30.3 Å². The zero-order valence-electron chi connectivity index (χ0n) is 31.5. The van der Waals surface area contributed by atoms with Crippen LogP contribution in [0, 0.1) is 23.5 Å². The zero-order valence-corrected chi connectivity index (χ0v) is 31.5. The van der Waals surface area contributed by atoms with Crippen LogP contribution in [0.5, 0.6) is 0 Å². The number of rotatable bonds is 17. The molecule has 0 bridgehead atoms. The second kappa shape index (κ2) is 19.6. The summed E-state index contributed by atoms with van der Waals surface area (Å²) in [5.41, 5.74) is 1.27. The molecule has 2 saturated heterocycles. The van der Waals surface area contributed by atoms with E-state index in [9.17, 15) is 23.6 Å². The van der Waals surface area contributed by atoms with Gasteiger partial charge in [0.2, 0.25) is 0 Å². The molecule has 4 heterocycles. The van der Waals surface area contributed by atoms with Gasteiger partial charge in [0.25, 0.3) is 11.8 Å². The molecule has 6 rings (SSSR count). The maximum absolute atomic E-state index is 15.2. The summed E-state index contributed by atoms with van der Waals surface area (Å²) in [6, 6.07) is 11.6. The average Bonchev–Trinajstić information content (AvgIpc) is 3.95. The highest BCUT2D eigenvalue weighted by Crippen LogP contribution is 2.38. The maximum atomic E-state index is 15.2. The SMILES string of the molecule is CC(COC(=O)NCCOCCN1C(=O)C=CC1=O)NC(=O)N(CC1CCNC1)C(c1nc(-c2cc(F)ccc2F)cn1Cc1ccccc1)C1CCOCC1.